The van der Waals surface area contributed by atoms with E-state index >= 15 is 0 Å². The molecule has 0 aliphatic carbocycles. The second kappa shape index (κ2) is 8.96. The standard InChI is InChI=1S/C23H25ClN2O5S/c1-18-3-9-21(10-4-18)32(27,28)31-23(12-11-19-5-7-20(24)8-6-19)16-29-22(2,30-23)15-26-14-13-25-17-26/h3-10,13-14,17H,11-12,15-16H2,1-2H3. The molecule has 1 aliphatic rings. The molecule has 3 aromatic rings. The van der Waals surface area contributed by atoms with Gasteiger partial charge in [0.25, 0.3) is 10.1 Å². The maximum Gasteiger partial charge on any atom is 0.299 e. The number of hydrogen-bond acceptors (Lipinski definition) is 6. The van der Waals surface area contributed by atoms with E-state index in [4.69, 9.17) is 25.3 Å². The normalized spacial score (nSPS) is 23.5. The second-order valence-electron chi connectivity index (χ2n) is 8.15. The fourth-order valence-corrected chi connectivity index (χ4v) is 4.91. The Kier molecular flexibility index (Phi) is 6.42. The summed E-state index contributed by atoms with van der Waals surface area (Å²) >= 11 is 5.98. The molecule has 1 saturated heterocycles. The summed E-state index contributed by atoms with van der Waals surface area (Å²) in [5, 5.41) is 0.634. The van der Waals surface area contributed by atoms with Crippen LogP contribution in [0.3, 0.4) is 0 Å². The third-order valence-electron chi connectivity index (χ3n) is 5.31. The van der Waals surface area contributed by atoms with Crippen molar-refractivity contribution < 1.29 is 22.1 Å². The first-order valence-corrected chi connectivity index (χ1v) is 12.0. The Balaban J connectivity index is 1.59. The Morgan fingerprint density at radius 2 is 1.88 bits per heavy atom. The van der Waals surface area contributed by atoms with Gasteiger partial charge >= 0.3 is 0 Å². The van der Waals surface area contributed by atoms with Gasteiger partial charge in [-0.25, -0.2) is 9.17 Å². The largest absolute Gasteiger partial charge is 0.343 e. The first-order chi connectivity index (χ1) is 15.2. The average molecular weight is 477 g/mol. The van der Waals surface area contributed by atoms with Gasteiger partial charge < -0.3 is 14.0 Å². The van der Waals surface area contributed by atoms with E-state index in [-0.39, 0.29) is 17.9 Å². The Labute approximate surface area is 193 Å². The molecule has 2 heterocycles. The lowest BCUT2D eigenvalue weighted by atomic mass is 10.1. The number of rotatable bonds is 8. The Morgan fingerprint density at radius 1 is 1.16 bits per heavy atom. The predicted molar refractivity (Wildman–Crippen MR) is 120 cm³/mol. The van der Waals surface area contributed by atoms with Gasteiger partial charge in [0.15, 0.2) is 5.79 Å². The van der Waals surface area contributed by atoms with E-state index in [9.17, 15) is 8.42 Å². The van der Waals surface area contributed by atoms with Gasteiger partial charge in [-0.1, -0.05) is 41.4 Å². The highest BCUT2D eigenvalue weighted by molar-refractivity contribution is 7.86. The number of imidazole rings is 1. The van der Waals surface area contributed by atoms with Gasteiger partial charge in [-0.05, 0) is 50.1 Å². The molecule has 0 saturated carbocycles. The second-order valence-corrected chi connectivity index (χ2v) is 10.1. The summed E-state index contributed by atoms with van der Waals surface area (Å²) in [5.41, 5.74) is 1.94. The SMILES string of the molecule is Cc1ccc(S(=O)(=O)OC2(CCc3ccc(Cl)cc3)COC(C)(Cn3ccnc3)O2)cc1. The lowest BCUT2D eigenvalue weighted by Gasteiger charge is -2.30. The summed E-state index contributed by atoms with van der Waals surface area (Å²) in [6.07, 6.45) is 5.89. The van der Waals surface area contributed by atoms with Crippen molar-refractivity contribution in [1.29, 1.82) is 0 Å². The van der Waals surface area contributed by atoms with Crippen LogP contribution < -0.4 is 0 Å². The minimum Gasteiger partial charge on any atom is -0.343 e. The molecule has 2 atom stereocenters. The third kappa shape index (κ3) is 5.39. The molecule has 0 bridgehead atoms. The molecule has 0 amide bonds. The average Bonchev–Trinajstić information content (AvgIpc) is 3.36. The zero-order chi connectivity index (χ0) is 22.8. The van der Waals surface area contributed by atoms with Crippen LogP contribution in [0.1, 0.15) is 24.5 Å². The third-order valence-corrected chi connectivity index (χ3v) is 6.93. The molecule has 170 valence electrons. The van der Waals surface area contributed by atoms with Gasteiger partial charge in [-0.2, -0.15) is 8.42 Å². The van der Waals surface area contributed by atoms with Crippen LogP contribution in [0.5, 0.6) is 0 Å². The van der Waals surface area contributed by atoms with Crippen molar-refractivity contribution in [3.05, 3.63) is 83.4 Å². The number of nitrogens with zero attached hydrogens (tertiary/aromatic N) is 2. The summed E-state index contributed by atoms with van der Waals surface area (Å²) < 4.78 is 45.9. The van der Waals surface area contributed by atoms with E-state index in [2.05, 4.69) is 4.98 Å². The minimum absolute atomic E-state index is 0.0309. The highest BCUT2D eigenvalue weighted by Gasteiger charge is 2.51. The fraction of sp³-hybridized carbons (Fsp3) is 0.348. The molecular weight excluding hydrogens is 452 g/mol. The van der Waals surface area contributed by atoms with Crippen LogP contribution in [0, 0.1) is 6.92 Å². The summed E-state index contributed by atoms with van der Waals surface area (Å²) in [4.78, 5) is 4.11. The highest BCUT2D eigenvalue weighted by Crippen LogP contribution is 2.39. The van der Waals surface area contributed by atoms with Crippen molar-refractivity contribution in [2.24, 2.45) is 0 Å². The molecular formula is C23H25ClN2O5S. The summed E-state index contributed by atoms with van der Waals surface area (Å²) in [7, 11) is -4.09. The minimum atomic E-state index is -4.09. The summed E-state index contributed by atoms with van der Waals surface area (Å²) in [6.45, 7) is 3.96. The molecule has 9 heteroatoms. The Morgan fingerprint density at radius 3 is 2.53 bits per heavy atom. The van der Waals surface area contributed by atoms with Gasteiger partial charge in [0.1, 0.15) is 6.61 Å². The van der Waals surface area contributed by atoms with Gasteiger partial charge in [0.05, 0.1) is 17.8 Å². The Hall–Kier alpha value is -2.23. The van der Waals surface area contributed by atoms with Crippen molar-refractivity contribution in [3.8, 4) is 0 Å². The summed E-state index contributed by atoms with van der Waals surface area (Å²) in [6, 6.07) is 13.9. The lowest BCUT2D eigenvalue weighted by molar-refractivity contribution is -0.232. The highest BCUT2D eigenvalue weighted by atomic mass is 35.5. The topological polar surface area (TPSA) is 79.7 Å². The maximum atomic E-state index is 13.1. The van der Waals surface area contributed by atoms with E-state index in [1.807, 2.05) is 23.6 Å². The first kappa shape index (κ1) is 22.9. The number of halogens is 1. The monoisotopic (exact) mass is 476 g/mol. The number of aromatic nitrogens is 2. The van der Waals surface area contributed by atoms with E-state index in [1.54, 1.807) is 49.9 Å². The molecule has 1 aromatic heterocycles. The van der Waals surface area contributed by atoms with Gasteiger partial charge in [0, 0.05) is 23.8 Å². The molecule has 1 aliphatic heterocycles. The number of benzene rings is 2. The smallest absolute Gasteiger partial charge is 0.299 e. The van der Waals surface area contributed by atoms with Gasteiger partial charge in [0.2, 0.25) is 5.79 Å². The van der Waals surface area contributed by atoms with Crippen LogP contribution in [-0.2, 0) is 36.7 Å². The van der Waals surface area contributed by atoms with Crippen molar-refractivity contribution >= 4 is 21.7 Å². The summed E-state index contributed by atoms with van der Waals surface area (Å²) in [5.74, 6) is -2.55. The molecule has 7 nitrogen and oxygen atoms in total. The molecule has 2 unspecified atom stereocenters. The first-order valence-electron chi connectivity index (χ1n) is 10.2. The molecule has 0 N–H and O–H groups in total. The van der Waals surface area contributed by atoms with Gasteiger partial charge in [-0.15, -0.1) is 0 Å². The molecule has 1 fully saturated rings. The molecule has 0 spiro atoms. The lowest BCUT2D eigenvalue weighted by Crippen LogP contribution is -2.41. The van der Waals surface area contributed by atoms with E-state index in [0.717, 1.165) is 11.1 Å². The molecule has 0 radical (unpaired) electrons. The number of ether oxygens (including phenoxy) is 2. The van der Waals surface area contributed by atoms with Crippen LogP contribution in [0.2, 0.25) is 5.02 Å². The van der Waals surface area contributed by atoms with Crippen molar-refractivity contribution in [1.82, 2.24) is 9.55 Å². The van der Waals surface area contributed by atoms with Crippen LogP contribution in [0.4, 0.5) is 0 Å². The van der Waals surface area contributed by atoms with Crippen LogP contribution in [0.15, 0.2) is 72.1 Å². The van der Waals surface area contributed by atoms with Crippen LogP contribution >= 0.6 is 11.6 Å². The molecule has 32 heavy (non-hydrogen) atoms. The molecule has 4 rings (SSSR count). The predicted octanol–water partition coefficient (Wildman–Crippen LogP) is 4.34. The Bertz CT molecular complexity index is 1150. The number of aryl methyl sites for hydroxylation is 2. The van der Waals surface area contributed by atoms with Crippen molar-refractivity contribution in [3.63, 3.8) is 0 Å². The zero-order valence-corrected chi connectivity index (χ0v) is 19.5. The zero-order valence-electron chi connectivity index (χ0n) is 17.9. The quantitative estimate of drug-likeness (QED) is 0.450. The van der Waals surface area contributed by atoms with E-state index in [0.29, 0.717) is 18.0 Å². The van der Waals surface area contributed by atoms with Crippen LogP contribution in [-0.4, -0.2) is 36.1 Å². The fourth-order valence-electron chi connectivity index (χ4n) is 3.65. The maximum absolute atomic E-state index is 13.1. The molecule has 2 aromatic carbocycles. The van der Waals surface area contributed by atoms with Crippen LogP contribution in [0.25, 0.3) is 0 Å². The van der Waals surface area contributed by atoms with Crippen molar-refractivity contribution in [2.45, 2.75) is 49.7 Å². The van der Waals surface area contributed by atoms with Crippen molar-refractivity contribution in [2.75, 3.05) is 6.61 Å². The van der Waals surface area contributed by atoms with E-state index < -0.39 is 21.7 Å². The van der Waals surface area contributed by atoms with Gasteiger partial charge in [-0.3, -0.25) is 0 Å². The number of hydrogen-bond donors (Lipinski definition) is 0. The van der Waals surface area contributed by atoms with E-state index in [1.165, 1.54) is 12.1 Å².